The van der Waals surface area contributed by atoms with Gasteiger partial charge in [-0.2, -0.15) is 0 Å². The summed E-state index contributed by atoms with van der Waals surface area (Å²) in [4.78, 5) is 0. The molecule has 4 rings (SSSR count). The van der Waals surface area contributed by atoms with Crippen LogP contribution in [0.5, 0.6) is 0 Å². The Kier molecular flexibility index (Phi) is 2.81. The molecule has 2 aliphatic carbocycles. The first-order valence-corrected chi connectivity index (χ1v) is 7.46. The van der Waals surface area contributed by atoms with Crippen LogP contribution in [0.25, 0.3) is 12.2 Å². The fourth-order valence-electron chi connectivity index (χ4n) is 3.51. The summed E-state index contributed by atoms with van der Waals surface area (Å²) in [7, 11) is 0. The quantitative estimate of drug-likeness (QED) is 0.692. The van der Waals surface area contributed by atoms with Crippen molar-refractivity contribution in [1.29, 1.82) is 0 Å². The van der Waals surface area contributed by atoms with Gasteiger partial charge in [0, 0.05) is 11.8 Å². The maximum atomic E-state index is 2.37. The molecule has 20 heavy (non-hydrogen) atoms. The van der Waals surface area contributed by atoms with Crippen molar-refractivity contribution in [3.05, 3.63) is 82.9 Å². The van der Waals surface area contributed by atoms with Crippen molar-refractivity contribution in [2.24, 2.45) is 0 Å². The molecule has 0 aromatic heterocycles. The molecule has 2 aromatic carbocycles. The molecule has 0 heterocycles. The van der Waals surface area contributed by atoms with Crippen molar-refractivity contribution in [2.75, 3.05) is 0 Å². The lowest BCUT2D eigenvalue weighted by Gasteiger charge is -2.15. The van der Waals surface area contributed by atoms with Gasteiger partial charge in [0.25, 0.3) is 0 Å². The Morgan fingerprint density at radius 1 is 0.600 bits per heavy atom. The fraction of sp³-hybridized carbons (Fsp3) is 0.200. The zero-order chi connectivity index (χ0) is 13.4. The topological polar surface area (TPSA) is 0 Å². The molecule has 0 bridgehead atoms. The van der Waals surface area contributed by atoms with Gasteiger partial charge in [-0.05, 0) is 35.1 Å². The highest BCUT2D eigenvalue weighted by molar-refractivity contribution is 5.63. The van der Waals surface area contributed by atoms with Crippen LogP contribution >= 0.6 is 0 Å². The van der Waals surface area contributed by atoms with E-state index in [0.29, 0.717) is 11.8 Å². The summed E-state index contributed by atoms with van der Waals surface area (Å²) in [5, 5.41) is 0. The van der Waals surface area contributed by atoms with Gasteiger partial charge in [-0.1, -0.05) is 72.8 Å². The van der Waals surface area contributed by atoms with Crippen LogP contribution in [0.4, 0.5) is 0 Å². The SMILES string of the molecule is C1=C[C@H](CC[C@H]2C=Cc3ccccc32)c2ccccc21. The van der Waals surface area contributed by atoms with Gasteiger partial charge in [-0.25, -0.2) is 0 Å². The van der Waals surface area contributed by atoms with E-state index >= 15 is 0 Å². The number of benzene rings is 2. The van der Waals surface area contributed by atoms with E-state index in [1.807, 2.05) is 0 Å². The Morgan fingerprint density at radius 3 is 1.55 bits per heavy atom. The summed E-state index contributed by atoms with van der Waals surface area (Å²) in [6.07, 6.45) is 11.8. The average Bonchev–Trinajstić information content (AvgIpc) is 3.09. The minimum atomic E-state index is 0.604. The molecule has 2 atom stereocenters. The largest absolute Gasteiger partial charge is 0.0764 e. The molecule has 2 aromatic rings. The third kappa shape index (κ3) is 1.92. The van der Waals surface area contributed by atoms with Crippen LogP contribution in [0, 0.1) is 0 Å². The zero-order valence-electron chi connectivity index (χ0n) is 11.5. The van der Waals surface area contributed by atoms with Crippen molar-refractivity contribution in [3.8, 4) is 0 Å². The molecule has 0 unspecified atom stereocenters. The van der Waals surface area contributed by atoms with E-state index in [2.05, 4.69) is 72.8 Å². The molecule has 0 amide bonds. The van der Waals surface area contributed by atoms with E-state index in [4.69, 9.17) is 0 Å². The highest BCUT2D eigenvalue weighted by atomic mass is 14.2. The number of rotatable bonds is 3. The smallest absolute Gasteiger partial charge is 0.00275 e. The molecule has 0 fully saturated rings. The van der Waals surface area contributed by atoms with Gasteiger partial charge < -0.3 is 0 Å². The lowest BCUT2D eigenvalue weighted by molar-refractivity contribution is 0.642. The third-order valence-electron chi connectivity index (χ3n) is 4.60. The standard InChI is InChI=1S/C20H18/c1-3-7-19-15(5-1)9-11-17(19)13-14-18-12-10-16-6-2-4-8-20(16)18/h1-12,17-18H,13-14H2/t17-,18-/m1/s1. The molecule has 0 saturated heterocycles. The highest BCUT2D eigenvalue weighted by Crippen LogP contribution is 2.38. The minimum absolute atomic E-state index is 0.604. The number of fused-ring (bicyclic) bond motifs is 2. The molecular formula is C20H18. The Balaban J connectivity index is 1.48. The Labute approximate surface area is 120 Å². The van der Waals surface area contributed by atoms with Crippen LogP contribution in [0.15, 0.2) is 60.7 Å². The maximum Gasteiger partial charge on any atom is 0.00275 e. The van der Waals surface area contributed by atoms with Gasteiger partial charge >= 0.3 is 0 Å². The maximum absolute atomic E-state index is 2.37. The van der Waals surface area contributed by atoms with Gasteiger partial charge in [0.05, 0.1) is 0 Å². The normalized spacial score (nSPS) is 22.0. The number of hydrogen-bond donors (Lipinski definition) is 0. The summed E-state index contributed by atoms with van der Waals surface area (Å²) in [6.45, 7) is 0. The van der Waals surface area contributed by atoms with Gasteiger partial charge in [0.2, 0.25) is 0 Å². The second kappa shape index (κ2) is 4.79. The van der Waals surface area contributed by atoms with Gasteiger partial charge in [0.1, 0.15) is 0 Å². The van der Waals surface area contributed by atoms with Gasteiger partial charge in [-0.15, -0.1) is 0 Å². The summed E-state index contributed by atoms with van der Waals surface area (Å²) in [6, 6.07) is 17.6. The lowest BCUT2D eigenvalue weighted by atomic mass is 9.89. The Hall–Kier alpha value is -2.08. The Bertz CT molecular complexity index is 629. The zero-order valence-corrected chi connectivity index (χ0v) is 11.5. The van der Waals surface area contributed by atoms with E-state index < -0.39 is 0 Å². The third-order valence-corrected chi connectivity index (χ3v) is 4.60. The molecule has 0 saturated carbocycles. The van der Waals surface area contributed by atoms with Crippen molar-refractivity contribution in [3.63, 3.8) is 0 Å². The molecule has 0 aliphatic heterocycles. The van der Waals surface area contributed by atoms with Crippen LogP contribution in [0.1, 0.15) is 46.9 Å². The van der Waals surface area contributed by atoms with Crippen molar-refractivity contribution in [2.45, 2.75) is 24.7 Å². The predicted octanol–water partition coefficient (Wildman–Crippen LogP) is 5.39. The van der Waals surface area contributed by atoms with Crippen LogP contribution < -0.4 is 0 Å². The van der Waals surface area contributed by atoms with Gasteiger partial charge in [0.15, 0.2) is 0 Å². The Morgan fingerprint density at radius 2 is 1.05 bits per heavy atom. The van der Waals surface area contributed by atoms with E-state index in [-0.39, 0.29) is 0 Å². The van der Waals surface area contributed by atoms with Crippen LogP contribution in [-0.4, -0.2) is 0 Å². The van der Waals surface area contributed by atoms with Crippen molar-refractivity contribution < 1.29 is 0 Å². The lowest BCUT2D eigenvalue weighted by Crippen LogP contribution is -1.98. The summed E-state index contributed by atoms with van der Waals surface area (Å²) >= 11 is 0. The predicted molar refractivity (Wildman–Crippen MR) is 85.7 cm³/mol. The average molecular weight is 258 g/mol. The second-order valence-corrected chi connectivity index (χ2v) is 5.77. The fourth-order valence-corrected chi connectivity index (χ4v) is 3.51. The van der Waals surface area contributed by atoms with E-state index in [1.54, 1.807) is 0 Å². The number of hydrogen-bond acceptors (Lipinski definition) is 0. The van der Waals surface area contributed by atoms with E-state index in [9.17, 15) is 0 Å². The molecule has 0 nitrogen and oxygen atoms in total. The first-order valence-electron chi connectivity index (χ1n) is 7.46. The summed E-state index contributed by atoms with van der Waals surface area (Å²) in [5.74, 6) is 1.21. The van der Waals surface area contributed by atoms with Crippen molar-refractivity contribution in [1.82, 2.24) is 0 Å². The molecule has 0 spiro atoms. The van der Waals surface area contributed by atoms with Crippen LogP contribution in [0.3, 0.4) is 0 Å². The second-order valence-electron chi connectivity index (χ2n) is 5.77. The summed E-state index contributed by atoms with van der Waals surface area (Å²) < 4.78 is 0. The van der Waals surface area contributed by atoms with E-state index in [1.165, 1.54) is 35.1 Å². The minimum Gasteiger partial charge on any atom is -0.0764 e. The molecule has 0 radical (unpaired) electrons. The first-order chi connectivity index (χ1) is 9.92. The van der Waals surface area contributed by atoms with Crippen LogP contribution in [-0.2, 0) is 0 Å². The monoisotopic (exact) mass is 258 g/mol. The highest BCUT2D eigenvalue weighted by Gasteiger charge is 2.21. The van der Waals surface area contributed by atoms with E-state index in [0.717, 1.165) is 0 Å². The van der Waals surface area contributed by atoms with Crippen LogP contribution in [0.2, 0.25) is 0 Å². The number of allylic oxidation sites excluding steroid dienone is 2. The molecule has 98 valence electrons. The molecule has 0 heteroatoms. The molecule has 2 aliphatic rings. The van der Waals surface area contributed by atoms with Gasteiger partial charge in [-0.3, -0.25) is 0 Å². The first kappa shape index (κ1) is 11.7. The molecule has 0 N–H and O–H groups in total. The van der Waals surface area contributed by atoms with Crippen molar-refractivity contribution >= 4 is 12.2 Å². The summed E-state index contributed by atoms with van der Waals surface area (Å²) in [5.41, 5.74) is 5.81. The molecular weight excluding hydrogens is 240 g/mol.